The topological polar surface area (TPSA) is 65.5 Å². The third-order valence-corrected chi connectivity index (χ3v) is 5.82. The molecule has 1 aromatic heterocycles. The summed E-state index contributed by atoms with van der Waals surface area (Å²) in [6.45, 7) is 5.90. The first-order chi connectivity index (χ1) is 13.9. The minimum Gasteiger partial charge on any atom is -0.394 e. The summed E-state index contributed by atoms with van der Waals surface area (Å²) in [5, 5.41) is 13.4. The molecule has 1 saturated heterocycles. The summed E-state index contributed by atoms with van der Waals surface area (Å²) < 4.78 is 0. The van der Waals surface area contributed by atoms with E-state index in [0.29, 0.717) is 27.9 Å². The molecular formula is C22H27Cl2N3O2. The van der Waals surface area contributed by atoms with Gasteiger partial charge in [0.2, 0.25) is 0 Å². The van der Waals surface area contributed by atoms with E-state index in [1.54, 1.807) is 18.3 Å². The van der Waals surface area contributed by atoms with Gasteiger partial charge in [-0.2, -0.15) is 0 Å². The molecule has 1 fully saturated rings. The third kappa shape index (κ3) is 5.41. The Bertz CT molecular complexity index is 867. The molecule has 0 aliphatic carbocycles. The van der Waals surface area contributed by atoms with Crippen LogP contribution in [0.5, 0.6) is 0 Å². The summed E-state index contributed by atoms with van der Waals surface area (Å²) in [6.07, 6.45) is 4.56. The Morgan fingerprint density at radius 3 is 2.55 bits per heavy atom. The molecule has 1 aromatic carbocycles. The fraction of sp³-hybridized carbons (Fsp3) is 0.455. The van der Waals surface area contributed by atoms with Gasteiger partial charge >= 0.3 is 0 Å². The van der Waals surface area contributed by atoms with Gasteiger partial charge in [-0.25, -0.2) is 4.98 Å². The van der Waals surface area contributed by atoms with E-state index in [1.807, 2.05) is 12.1 Å². The summed E-state index contributed by atoms with van der Waals surface area (Å²) in [6, 6.07) is 7.01. The maximum absolute atomic E-state index is 12.8. The Morgan fingerprint density at radius 2 is 1.93 bits per heavy atom. The highest BCUT2D eigenvalue weighted by molar-refractivity contribution is 6.42. The van der Waals surface area contributed by atoms with Crippen LogP contribution in [0.3, 0.4) is 0 Å². The lowest BCUT2D eigenvalue weighted by Crippen LogP contribution is -2.38. The van der Waals surface area contributed by atoms with E-state index in [9.17, 15) is 9.90 Å². The second-order valence-corrected chi connectivity index (χ2v) is 8.72. The monoisotopic (exact) mass is 435 g/mol. The molecular weight excluding hydrogens is 409 g/mol. The Morgan fingerprint density at radius 1 is 1.21 bits per heavy atom. The summed E-state index contributed by atoms with van der Waals surface area (Å²) in [4.78, 5) is 19.7. The van der Waals surface area contributed by atoms with Crippen molar-refractivity contribution < 1.29 is 9.90 Å². The normalized spacial score (nSPS) is 15.0. The van der Waals surface area contributed by atoms with Crippen LogP contribution in [0.15, 0.2) is 30.5 Å². The van der Waals surface area contributed by atoms with Gasteiger partial charge in [-0.3, -0.25) is 4.79 Å². The van der Waals surface area contributed by atoms with Crippen LogP contribution in [-0.4, -0.2) is 41.7 Å². The lowest BCUT2D eigenvalue weighted by molar-refractivity contribution is 0.0908. The van der Waals surface area contributed by atoms with Crippen LogP contribution < -0.4 is 10.2 Å². The quantitative estimate of drug-likeness (QED) is 0.655. The van der Waals surface area contributed by atoms with Crippen molar-refractivity contribution in [2.45, 2.75) is 39.2 Å². The van der Waals surface area contributed by atoms with E-state index >= 15 is 0 Å². The van der Waals surface area contributed by atoms with Crippen molar-refractivity contribution in [3.05, 3.63) is 46.1 Å². The first-order valence-corrected chi connectivity index (χ1v) is 10.8. The average Bonchev–Trinajstić information content (AvgIpc) is 3.23. The number of aliphatic hydroxyl groups is 1. The predicted molar refractivity (Wildman–Crippen MR) is 119 cm³/mol. The molecule has 7 heteroatoms. The Hall–Kier alpha value is -1.82. The zero-order chi connectivity index (χ0) is 21.0. The van der Waals surface area contributed by atoms with E-state index in [4.69, 9.17) is 23.2 Å². The lowest BCUT2D eigenvalue weighted by Gasteiger charge is -2.22. The molecule has 2 heterocycles. The van der Waals surface area contributed by atoms with Crippen molar-refractivity contribution in [2.75, 3.05) is 24.6 Å². The maximum Gasteiger partial charge on any atom is 0.253 e. The minimum absolute atomic E-state index is 0.0944. The molecule has 2 N–H and O–H groups in total. The molecule has 1 aliphatic heterocycles. The average molecular weight is 436 g/mol. The first kappa shape index (κ1) is 21.9. The third-order valence-electron chi connectivity index (χ3n) is 5.08. The van der Waals surface area contributed by atoms with Crippen molar-refractivity contribution in [1.82, 2.24) is 10.3 Å². The second kappa shape index (κ2) is 9.79. The minimum atomic E-state index is -0.283. The molecule has 0 unspecified atom stereocenters. The highest BCUT2D eigenvalue weighted by Gasteiger charge is 2.21. The molecule has 29 heavy (non-hydrogen) atoms. The van der Waals surface area contributed by atoms with Crippen LogP contribution in [0.2, 0.25) is 10.0 Å². The number of benzene rings is 1. The van der Waals surface area contributed by atoms with Crippen molar-refractivity contribution in [1.29, 1.82) is 0 Å². The van der Waals surface area contributed by atoms with Crippen molar-refractivity contribution in [3.8, 4) is 11.1 Å². The van der Waals surface area contributed by atoms with Gasteiger partial charge in [0.1, 0.15) is 5.82 Å². The number of rotatable bonds is 7. The number of pyridine rings is 1. The van der Waals surface area contributed by atoms with Gasteiger partial charge in [0, 0.05) is 24.8 Å². The van der Waals surface area contributed by atoms with Crippen molar-refractivity contribution >= 4 is 34.9 Å². The van der Waals surface area contributed by atoms with Crippen LogP contribution in [0, 0.1) is 5.92 Å². The van der Waals surface area contributed by atoms with E-state index in [2.05, 4.69) is 29.0 Å². The smallest absolute Gasteiger partial charge is 0.253 e. The first-order valence-electron chi connectivity index (χ1n) is 10.0. The second-order valence-electron chi connectivity index (χ2n) is 7.90. The van der Waals surface area contributed by atoms with E-state index in [0.717, 1.165) is 42.9 Å². The van der Waals surface area contributed by atoms with Gasteiger partial charge < -0.3 is 15.3 Å². The van der Waals surface area contributed by atoms with Crippen LogP contribution in [0.4, 0.5) is 5.82 Å². The number of carbonyl (C=O) groups excluding carboxylic acids is 1. The predicted octanol–water partition coefficient (Wildman–Crippen LogP) is 4.79. The molecule has 1 aliphatic rings. The van der Waals surface area contributed by atoms with Crippen LogP contribution in [0.25, 0.3) is 11.1 Å². The zero-order valence-electron chi connectivity index (χ0n) is 16.8. The molecule has 3 rings (SSSR count). The fourth-order valence-electron chi connectivity index (χ4n) is 3.66. The summed E-state index contributed by atoms with van der Waals surface area (Å²) in [7, 11) is 0. The summed E-state index contributed by atoms with van der Waals surface area (Å²) >= 11 is 12.3. The molecule has 0 bridgehead atoms. The number of hydrogen-bond donors (Lipinski definition) is 2. The SMILES string of the molecule is CC(C)C[C@H](CO)NC(=O)c1cnc(N2CCCC2)c(-c2ccc(Cl)c(Cl)c2)c1. The highest BCUT2D eigenvalue weighted by atomic mass is 35.5. The van der Waals surface area contributed by atoms with E-state index in [1.165, 1.54) is 0 Å². The van der Waals surface area contributed by atoms with Gasteiger partial charge in [-0.15, -0.1) is 0 Å². The van der Waals surface area contributed by atoms with Gasteiger partial charge in [-0.1, -0.05) is 43.1 Å². The molecule has 0 radical (unpaired) electrons. The number of carbonyl (C=O) groups is 1. The lowest BCUT2D eigenvalue weighted by atomic mass is 10.0. The molecule has 0 spiro atoms. The Kier molecular flexibility index (Phi) is 7.38. The standard InChI is InChI=1S/C22H27Cl2N3O2/c1-14(2)9-17(13-28)26-22(29)16-10-18(15-5-6-19(23)20(24)11-15)21(25-12-16)27-7-3-4-8-27/h5-6,10-12,14,17,28H,3-4,7-9,13H2,1-2H3,(H,26,29)/t17-/m1/s1. The van der Waals surface area contributed by atoms with Crippen molar-refractivity contribution in [2.24, 2.45) is 5.92 Å². The van der Waals surface area contributed by atoms with Gasteiger partial charge in [0.05, 0.1) is 28.3 Å². The number of nitrogens with zero attached hydrogens (tertiary/aromatic N) is 2. The number of halogens is 2. The molecule has 2 aromatic rings. The number of aromatic nitrogens is 1. The number of nitrogens with one attached hydrogen (secondary N) is 1. The van der Waals surface area contributed by atoms with Crippen LogP contribution >= 0.6 is 23.2 Å². The molecule has 0 saturated carbocycles. The van der Waals surface area contributed by atoms with Gasteiger partial charge in [-0.05, 0) is 48.9 Å². The van der Waals surface area contributed by atoms with E-state index < -0.39 is 0 Å². The van der Waals surface area contributed by atoms with Gasteiger partial charge in [0.15, 0.2) is 0 Å². The number of anilines is 1. The molecule has 5 nitrogen and oxygen atoms in total. The summed E-state index contributed by atoms with van der Waals surface area (Å²) in [5.74, 6) is 0.972. The molecule has 1 amide bonds. The zero-order valence-corrected chi connectivity index (χ0v) is 18.3. The largest absolute Gasteiger partial charge is 0.394 e. The molecule has 156 valence electrons. The van der Waals surface area contributed by atoms with Gasteiger partial charge in [0.25, 0.3) is 5.91 Å². The number of hydrogen-bond acceptors (Lipinski definition) is 4. The summed E-state index contributed by atoms with van der Waals surface area (Å²) in [5.41, 5.74) is 2.17. The molecule has 1 atom stereocenters. The number of amides is 1. The number of aliphatic hydroxyl groups excluding tert-OH is 1. The van der Waals surface area contributed by atoms with E-state index in [-0.39, 0.29) is 18.6 Å². The fourth-order valence-corrected chi connectivity index (χ4v) is 3.95. The Balaban J connectivity index is 1.95. The van der Waals surface area contributed by atoms with Crippen LogP contribution in [-0.2, 0) is 0 Å². The highest BCUT2D eigenvalue weighted by Crippen LogP contribution is 2.35. The van der Waals surface area contributed by atoms with Crippen molar-refractivity contribution in [3.63, 3.8) is 0 Å². The van der Waals surface area contributed by atoms with Crippen LogP contribution in [0.1, 0.15) is 43.5 Å². The Labute approximate surface area is 182 Å². The maximum atomic E-state index is 12.8.